The van der Waals surface area contributed by atoms with E-state index in [1.807, 2.05) is 12.3 Å². The SMILES string of the molecule is CSc1ccc(Cl)c(C(=O)Nc2cc3c(cc2Br)OCCO3)c1. The molecule has 3 rings (SSSR count). The van der Waals surface area contributed by atoms with Gasteiger partial charge in [0.2, 0.25) is 0 Å². The largest absolute Gasteiger partial charge is 0.486 e. The lowest BCUT2D eigenvalue weighted by Gasteiger charge is -2.20. The maximum absolute atomic E-state index is 12.5. The first-order valence-corrected chi connectivity index (χ1v) is 9.22. The van der Waals surface area contributed by atoms with Gasteiger partial charge in [-0.05, 0) is 40.4 Å². The van der Waals surface area contributed by atoms with Crippen molar-refractivity contribution >= 4 is 50.9 Å². The van der Waals surface area contributed by atoms with Crippen molar-refractivity contribution in [3.63, 3.8) is 0 Å². The van der Waals surface area contributed by atoms with Crippen molar-refractivity contribution in [3.05, 3.63) is 45.4 Å². The zero-order valence-electron chi connectivity index (χ0n) is 12.2. The second-order valence-electron chi connectivity index (χ2n) is 4.78. The molecule has 4 nitrogen and oxygen atoms in total. The molecule has 7 heteroatoms. The summed E-state index contributed by atoms with van der Waals surface area (Å²) in [6, 6.07) is 8.89. The van der Waals surface area contributed by atoms with Crippen LogP contribution in [0.25, 0.3) is 0 Å². The van der Waals surface area contributed by atoms with Crippen LogP contribution in [0.4, 0.5) is 5.69 Å². The van der Waals surface area contributed by atoms with E-state index in [1.54, 1.807) is 36.0 Å². The van der Waals surface area contributed by atoms with Crippen LogP contribution < -0.4 is 14.8 Å². The van der Waals surface area contributed by atoms with Gasteiger partial charge in [0.15, 0.2) is 11.5 Å². The highest BCUT2D eigenvalue weighted by molar-refractivity contribution is 9.10. The lowest BCUT2D eigenvalue weighted by molar-refractivity contribution is 0.102. The van der Waals surface area contributed by atoms with Crippen molar-refractivity contribution in [1.82, 2.24) is 0 Å². The Labute approximate surface area is 151 Å². The molecule has 0 atom stereocenters. The third kappa shape index (κ3) is 3.59. The fourth-order valence-corrected chi connectivity index (χ4v) is 3.22. The molecular weight excluding hydrogens is 402 g/mol. The fourth-order valence-electron chi connectivity index (χ4n) is 2.15. The zero-order chi connectivity index (χ0) is 16.4. The molecule has 1 heterocycles. The van der Waals surface area contributed by atoms with E-state index < -0.39 is 0 Å². The van der Waals surface area contributed by atoms with Crippen molar-refractivity contribution in [2.75, 3.05) is 24.8 Å². The number of thioether (sulfide) groups is 1. The molecule has 1 amide bonds. The number of halogens is 2. The van der Waals surface area contributed by atoms with Gasteiger partial charge < -0.3 is 14.8 Å². The van der Waals surface area contributed by atoms with Gasteiger partial charge in [-0.3, -0.25) is 4.79 Å². The average molecular weight is 415 g/mol. The van der Waals surface area contributed by atoms with Crippen LogP contribution in [0.5, 0.6) is 11.5 Å². The molecule has 0 aromatic heterocycles. The standard InChI is InChI=1S/C16H13BrClNO3S/c1-23-9-2-3-12(18)10(6-9)16(20)19-13-8-15-14(7-11(13)17)21-4-5-22-15/h2-3,6-8H,4-5H2,1H3,(H,19,20). The van der Waals surface area contributed by atoms with Gasteiger partial charge in [0, 0.05) is 21.5 Å². The van der Waals surface area contributed by atoms with E-state index in [0.29, 0.717) is 45.5 Å². The van der Waals surface area contributed by atoms with E-state index in [4.69, 9.17) is 21.1 Å². The Hall–Kier alpha value is -1.37. The van der Waals surface area contributed by atoms with E-state index >= 15 is 0 Å². The number of ether oxygens (including phenoxy) is 2. The minimum absolute atomic E-state index is 0.275. The summed E-state index contributed by atoms with van der Waals surface area (Å²) < 4.78 is 11.8. The van der Waals surface area contributed by atoms with Crippen LogP contribution in [-0.2, 0) is 0 Å². The number of carbonyl (C=O) groups is 1. The second-order valence-corrected chi connectivity index (χ2v) is 6.92. The van der Waals surface area contributed by atoms with E-state index in [9.17, 15) is 4.79 Å². The lowest BCUT2D eigenvalue weighted by atomic mass is 10.2. The molecule has 1 aliphatic rings. The van der Waals surface area contributed by atoms with Crippen LogP contribution >= 0.6 is 39.3 Å². The summed E-state index contributed by atoms with van der Waals surface area (Å²) in [6.07, 6.45) is 1.95. The van der Waals surface area contributed by atoms with Gasteiger partial charge in [-0.15, -0.1) is 11.8 Å². The molecule has 0 fully saturated rings. The molecule has 0 unspecified atom stereocenters. The maximum atomic E-state index is 12.5. The molecule has 23 heavy (non-hydrogen) atoms. The molecule has 1 N–H and O–H groups in total. The molecule has 2 aromatic carbocycles. The quantitative estimate of drug-likeness (QED) is 0.730. The third-order valence-corrected chi connectivity index (χ3v) is 5.01. The Morgan fingerprint density at radius 1 is 1.22 bits per heavy atom. The Morgan fingerprint density at radius 3 is 2.61 bits per heavy atom. The number of nitrogens with one attached hydrogen (secondary N) is 1. The Bertz CT molecular complexity index is 769. The average Bonchev–Trinajstić information content (AvgIpc) is 2.56. The Morgan fingerprint density at radius 2 is 1.91 bits per heavy atom. The van der Waals surface area contributed by atoms with E-state index in [2.05, 4.69) is 21.2 Å². The molecule has 0 bridgehead atoms. The summed E-state index contributed by atoms with van der Waals surface area (Å²) in [4.78, 5) is 13.5. The minimum atomic E-state index is -0.275. The van der Waals surface area contributed by atoms with Gasteiger partial charge in [-0.2, -0.15) is 0 Å². The summed E-state index contributed by atoms with van der Waals surface area (Å²) in [5, 5.41) is 3.26. The molecule has 2 aromatic rings. The van der Waals surface area contributed by atoms with Crippen molar-refractivity contribution in [2.24, 2.45) is 0 Å². The molecular formula is C16H13BrClNO3S. The number of fused-ring (bicyclic) bond motifs is 1. The fraction of sp³-hybridized carbons (Fsp3) is 0.188. The van der Waals surface area contributed by atoms with Gasteiger partial charge in [0.1, 0.15) is 13.2 Å². The van der Waals surface area contributed by atoms with E-state index in [0.717, 1.165) is 4.90 Å². The number of benzene rings is 2. The highest BCUT2D eigenvalue weighted by atomic mass is 79.9. The van der Waals surface area contributed by atoms with Crippen molar-refractivity contribution in [3.8, 4) is 11.5 Å². The number of amides is 1. The van der Waals surface area contributed by atoms with Crippen LogP contribution in [0.1, 0.15) is 10.4 Å². The molecule has 0 radical (unpaired) electrons. The zero-order valence-corrected chi connectivity index (χ0v) is 15.3. The second kappa shape index (κ2) is 7.03. The smallest absolute Gasteiger partial charge is 0.257 e. The minimum Gasteiger partial charge on any atom is -0.486 e. The van der Waals surface area contributed by atoms with Crippen LogP contribution in [0, 0.1) is 0 Å². The predicted octanol–water partition coefficient (Wildman–Crippen LogP) is 4.85. The normalized spacial score (nSPS) is 12.8. The summed E-state index contributed by atoms with van der Waals surface area (Å²) in [5.74, 6) is 0.991. The maximum Gasteiger partial charge on any atom is 0.257 e. The number of hydrogen-bond acceptors (Lipinski definition) is 4. The third-order valence-electron chi connectivity index (χ3n) is 3.30. The number of anilines is 1. The van der Waals surface area contributed by atoms with Crippen LogP contribution in [0.3, 0.4) is 0 Å². The molecule has 0 saturated carbocycles. The van der Waals surface area contributed by atoms with Crippen LogP contribution in [0.2, 0.25) is 5.02 Å². The van der Waals surface area contributed by atoms with Crippen molar-refractivity contribution in [2.45, 2.75) is 4.90 Å². The van der Waals surface area contributed by atoms with E-state index in [-0.39, 0.29) is 5.91 Å². The number of rotatable bonds is 3. The summed E-state index contributed by atoms with van der Waals surface area (Å²) in [7, 11) is 0. The highest BCUT2D eigenvalue weighted by Crippen LogP contribution is 2.38. The first-order valence-electron chi connectivity index (χ1n) is 6.82. The molecule has 1 aliphatic heterocycles. The van der Waals surface area contributed by atoms with Gasteiger partial charge in [-0.25, -0.2) is 0 Å². The Balaban J connectivity index is 1.88. The van der Waals surface area contributed by atoms with Crippen LogP contribution in [-0.4, -0.2) is 25.4 Å². The van der Waals surface area contributed by atoms with Gasteiger partial charge in [0.25, 0.3) is 5.91 Å². The molecule has 0 saturated heterocycles. The predicted molar refractivity (Wildman–Crippen MR) is 96.3 cm³/mol. The molecule has 0 aliphatic carbocycles. The molecule has 0 spiro atoms. The summed E-state index contributed by atoms with van der Waals surface area (Å²) in [5.41, 5.74) is 1.03. The Kier molecular flexibility index (Phi) is 5.04. The van der Waals surface area contributed by atoms with E-state index in [1.165, 1.54) is 0 Å². The summed E-state index contributed by atoms with van der Waals surface area (Å²) in [6.45, 7) is 1.01. The van der Waals surface area contributed by atoms with Gasteiger partial charge in [0.05, 0.1) is 16.3 Å². The topological polar surface area (TPSA) is 47.6 Å². The summed E-state index contributed by atoms with van der Waals surface area (Å²) >= 11 is 11.1. The van der Waals surface area contributed by atoms with Crippen molar-refractivity contribution < 1.29 is 14.3 Å². The monoisotopic (exact) mass is 413 g/mol. The number of carbonyl (C=O) groups excluding carboxylic acids is 1. The first kappa shape index (κ1) is 16.5. The number of hydrogen-bond donors (Lipinski definition) is 1. The lowest BCUT2D eigenvalue weighted by Crippen LogP contribution is -2.17. The first-order chi connectivity index (χ1) is 11.1. The van der Waals surface area contributed by atoms with Crippen molar-refractivity contribution in [1.29, 1.82) is 0 Å². The van der Waals surface area contributed by atoms with Gasteiger partial charge >= 0.3 is 0 Å². The highest BCUT2D eigenvalue weighted by Gasteiger charge is 2.18. The van der Waals surface area contributed by atoms with Crippen LogP contribution in [0.15, 0.2) is 39.7 Å². The van der Waals surface area contributed by atoms with Gasteiger partial charge in [-0.1, -0.05) is 11.6 Å². The molecule has 120 valence electrons.